The summed E-state index contributed by atoms with van der Waals surface area (Å²) in [6.07, 6.45) is 2.01. The maximum absolute atomic E-state index is 11.5. The van der Waals surface area contributed by atoms with E-state index in [9.17, 15) is 9.59 Å². The van der Waals surface area contributed by atoms with E-state index in [1.165, 1.54) is 12.1 Å². The molecule has 0 amide bonds. The molecular formula is C46H44IrN2O7Si-2. The number of pyridine rings is 2. The van der Waals surface area contributed by atoms with Gasteiger partial charge in [-0.2, -0.15) is 5.26 Å². The van der Waals surface area contributed by atoms with Crippen molar-refractivity contribution in [3.8, 4) is 33.6 Å². The first-order chi connectivity index (χ1) is 27.8. The van der Waals surface area contributed by atoms with E-state index in [1.807, 2.05) is 70.2 Å². The van der Waals surface area contributed by atoms with E-state index in [0.29, 0.717) is 33.7 Å². The van der Waals surface area contributed by atoms with Crippen LogP contribution in [0.5, 0.6) is 0 Å². The molecule has 0 atom stereocenters. The van der Waals surface area contributed by atoms with E-state index < -0.39 is 32.3 Å². The molecular weight excluding hydrogens is 913 g/mol. The van der Waals surface area contributed by atoms with Gasteiger partial charge >= 0.3 is 11.9 Å². The molecule has 0 fully saturated rings. The Morgan fingerprint density at radius 1 is 0.842 bits per heavy atom. The Bertz CT molecular complexity index is 2660. The number of benzene rings is 4. The maximum atomic E-state index is 11.5. The Balaban J connectivity index is 0.000000231. The van der Waals surface area contributed by atoms with Gasteiger partial charge < -0.3 is 19.3 Å². The number of furan rings is 1. The number of hydrogen-bond acceptors (Lipinski definition) is 9. The SMILES string of the molecule is [2H]C(C)(C)c1ccnc(-c2[c-]ccc3c2oc2c(-c4ccc(C(=O)OO)cc4)cccc23)c1.[2H]C([2H])(c1cc(-c2[c-]cc(C(=O)OO)cc2)ncc1[Si](C)(C)C)C(C)C.[Ir]. The van der Waals surface area contributed by atoms with Crippen LogP contribution in [-0.2, 0) is 36.3 Å². The monoisotopic (exact) mass is 960 g/mol. The molecule has 2 N–H and O–H groups in total. The van der Waals surface area contributed by atoms with Crippen LogP contribution in [0.3, 0.4) is 0 Å². The molecule has 0 spiro atoms. The van der Waals surface area contributed by atoms with E-state index in [2.05, 4.69) is 51.5 Å². The van der Waals surface area contributed by atoms with Crippen molar-refractivity contribution >= 4 is 47.1 Å². The molecule has 0 bridgehead atoms. The third-order valence-corrected chi connectivity index (χ3v) is 11.1. The minimum Gasteiger partial charge on any atom is -0.500 e. The molecule has 0 unspecified atom stereocenters. The number of aromatic nitrogens is 2. The minimum absolute atomic E-state index is 0. The van der Waals surface area contributed by atoms with Gasteiger partial charge in [-0.05, 0) is 64.1 Å². The van der Waals surface area contributed by atoms with Crippen molar-refractivity contribution in [1.29, 1.82) is 0 Å². The summed E-state index contributed by atoms with van der Waals surface area (Å²) in [6, 6.07) is 32.8. The number of rotatable bonds is 9. The molecule has 3 aromatic heterocycles. The van der Waals surface area contributed by atoms with E-state index >= 15 is 0 Å². The number of carbonyl (C=O) groups excluding carboxylic acids is 2. The summed E-state index contributed by atoms with van der Waals surface area (Å²) in [4.78, 5) is 39.4. The predicted molar refractivity (Wildman–Crippen MR) is 221 cm³/mol. The molecule has 3 heterocycles. The first-order valence-corrected chi connectivity index (χ1v) is 21.5. The van der Waals surface area contributed by atoms with Crippen molar-refractivity contribution in [3.63, 3.8) is 0 Å². The molecule has 0 aliphatic carbocycles. The normalized spacial score (nSPS) is 12.5. The molecule has 57 heavy (non-hydrogen) atoms. The molecule has 1 radical (unpaired) electrons. The Labute approximate surface area is 351 Å². The quantitative estimate of drug-likeness (QED) is 0.0628. The van der Waals surface area contributed by atoms with Gasteiger partial charge in [0.15, 0.2) is 0 Å². The summed E-state index contributed by atoms with van der Waals surface area (Å²) in [5.74, 6) is -2.60. The second kappa shape index (κ2) is 18.3. The standard InChI is InChI=1S/C27H20NO4.C19H24NO3Si.Ir/c1-16(2)19-13-14-28-24(15-19)23-8-4-7-22-21-6-3-5-20(25(21)31-26(22)23)17-9-11-18(12-10-17)27(29)32-30;1-13(2)10-16-11-17(20-12-18(16)24(3,4)5)14-6-8-15(9-7-14)19(21)23-22;/h3-7,9-16,30H,1-2H3;6,8-9,11-13,22H,10H2,1-5H3;/q2*-1;/i16D;10D2;. The maximum Gasteiger partial charge on any atom is 0.372 e. The summed E-state index contributed by atoms with van der Waals surface area (Å²) >= 11 is 0. The molecule has 0 saturated heterocycles. The van der Waals surface area contributed by atoms with Crippen molar-refractivity contribution in [1.82, 2.24) is 9.97 Å². The van der Waals surface area contributed by atoms with Crippen LogP contribution >= 0.6 is 0 Å². The van der Waals surface area contributed by atoms with Crippen molar-refractivity contribution in [2.75, 3.05) is 0 Å². The summed E-state index contributed by atoms with van der Waals surface area (Å²) < 4.78 is 31.9. The fourth-order valence-corrected chi connectivity index (χ4v) is 7.70. The second-order valence-corrected chi connectivity index (χ2v) is 19.8. The number of nitrogens with zero attached hydrogens (tertiary/aromatic N) is 2. The number of hydrogen-bond donors (Lipinski definition) is 2. The van der Waals surface area contributed by atoms with Gasteiger partial charge in [-0.3, -0.25) is 9.68 Å². The van der Waals surface area contributed by atoms with Crippen LogP contribution in [-0.4, -0.2) is 40.5 Å². The third kappa shape index (κ3) is 9.64. The fourth-order valence-electron chi connectivity index (χ4n) is 6.29. The Hall–Kier alpha value is -5.29. The third-order valence-electron chi connectivity index (χ3n) is 9.13. The molecule has 11 heteroatoms. The summed E-state index contributed by atoms with van der Waals surface area (Å²) in [5, 5.41) is 19.9. The summed E-state index contributed by atoms with van der Waals surface area (Å²) in [6.45, 7) is 13.9. The Morgan fingerprint density at radius 3 is 2.16 bits per heavy atom. The van der Waals surface area contributed by atoms with Gasteiger partial charge in [-0.15, -0.1) is 48.0 Å². The zero-order chi connectivity index (χ0) is 42.9. The summed E-state index contributed by atoms with van der Waals surface area (Å²) in [7, 11) is -1.79. The first kappa shape index (κ1) is 38.6. The van der Waals surface area contributed by atoms with E-state index in [1.54, 1.807) is 48.8 Å². The van der Waals surface area contributed by atoms with Crippen LogP contribution in [0.25, 0.3) is 55.6 Å². The summed E-state index contributed by atoms with van der Waals surface area (Å²) in [5.41, 5.74) is 7.73. The van der Waals surface area contributed by atoms with Crippen LogP contribution in [0.4, 0.5) is 0 Å². The smallest absolute Gasteiger partial charge is 0.372 e. The predicted octanol–water partition coefficient (Wildman–Crippen LogP) is 10.8. The van der Waals surface area contributed by atoms with Crippen LogP contribution in [0.1, 0.15) is 69.5 Å². The largest absolute Gasteiger partial charge is 0.500 e. The number of carbonyl (C=O) groups is 2. The molecule has 7 aromatic rings. The molecule has 0 aliphatic rings. The average Bonchev–Trinajstić information content (AvgIpc) is 3.62. The minimum atomic E-state index is -1.79. The van der Waals surface area contributed by atoms with Gasteiger partial charge in [0, 0.05) is 47.6 Å². The first-order valence-electron chi connectivity index (χ1n) is 19.5. The topological polar surface area (TPSA) is 132 Å². The van der Waals surface area contributed by atoms with E-state index in [-0.39, 0.29) is 37.2 Å². The second-order valence-electron chi connectivity index (χ2n) is 14.8. The molecule has 295 valence electrons. The Morgan fingerprint density at radius 2 is 1.53 bits per heavy atom. The van der Waals surface area contributed by atoms with Crippen molar-refractivity contribution < 1.29 is 58.5 Å². The fraction of sp³-hybridized carbons (Fsp3) is 0.217. The molecule has 4 aromatic carbocycles. The van der Waals surface area contributed by atoms with Gasteiger partial charge in [0.25, 0.3) is 0 Å². The molecule has 0 saturated carbocycles. The van der Waals surface area contributed by atoms with Crippen LogP contribution in [0.2, 0.25) is 19.6 Å². The number of fused-ring (bicyclic) bond motifs is 3. The number of para-hydroxylation sites is 1. The van der Waals surface area contributed by atoms with E-state index in [0.717, 1.165) is 38.2 Å². The van der Waals surface area contributed by atoms with E-state index in [4.69, 9.17) is 19.0 Å². The average molecular weight is 960 g/mol. The van der Waals surface area contributed by atoms with Gasteiger partial charge in [-0.25, -0.2) is 10.1 Å². The van der Waals surface area contributed by atoms with Gasteiger partial charge in [0.2, 0.25) is 0 Å². The van der Waals surface area contributed by atoms with Crippen LogP contribution in [0.15, 0.2) is 108 Å². The van der Waals surface area contributed by atoms with Gasteiger partial charge in [-0.1, -0.05) is 112 Å². The zero-order valence-electron chi connectivity index (χ0n) is 35.6. The van der Waals surface area contributed by atoms with Crippen LogP contribution in [0, 0.1) is 18.1 Å². The van der Waals surface area contributed by atoms with Gasteiger partial charge in [0.1, 0.15) is 5.58 Å². The van der Waals surface area contributed by atoms with Gasteiger partial charge in [0.05, 0.1) is 19.2 Å². The van der Waals surface area contributed by atoms with Crippen molar-refractivity contribution in [2.45, 2.75) is 59.6 Å². The van der Waals surface area contributed by atoms with Crippen molar-refractivity contribution in [2.24, 2.45) is 5.92 Å². The molecule has 0 aliphatic heterocycles. The molecule has 9 nitrogen and oxygen atoms in total. The zero-order valence-corrected chi connectivity index (χ0v) is 36.0. The Kier molecular flexibility index (Phi) is 12.4. The van der Waals surface area contributed by atoms with Crippen LogP contribution < -0.4 is 5.19 Å². The molecule has 7 rings (SSSR count). The van der Waals surface area contributed by atoms with Crippen molar-refractivity contribution in [3.05, 3.63) is 138 Å².